The summed E-state index contributed by atoms with van der Waals surface area (Å²) in [5.41, 5.74) is 3.52. The van der Waals surface area contributed by atoms with Crippen LogP contribution in [0.5, 0.6) is 0 Å². The standard InChI is InChI=1S/C21H29NO3/c1-11-8-12(2)17(13(3)9-11)18-16(23)10-15(19(18)24)14(4)20(25)22-21(5,6)7/h8-9,14-15,18H,10H2,1-7H3,(H,22,25). The molecule has 4 nitrogen and oxygen atoms in total. The molecule has 0 aromatic heterocycles. The Morgan fingerprint density at radius 2 is 1.64 bits per heavy atom. The van der Waals surface area contributed by atoms with Crippen molar-refractivity contribution in [2.45, 2.75) is 66.3 Å². The van der Waals surface area contributed by atoms with Crippen LogP contribution < -0.4 is 5.32 Å². The van der Waals surface area contributed by atoms with Gasteiger partial charge in [-0.05, 0) is 58.2 Å². The number of hydrogen-bond acceptors (Lipinski definition) is 3. The van der Waals surface area contributed by atoms with Gasteiger partial charge in [-0.15, -0.1) is 0 Å². The van der Waals surface area contributed by atoms with Crippen molar-refractivity contribution in [3.8, 4) is 0 Å². The van der Waals surface area contributed by atoms with E-state index in [1.165, 1.54) is 0 Å². The fourth-order valence-corrected chi connectivity index (χ4v) is 3.85. The molecule has 4 heteroatoms. The van der Waals surface area contributed by atoms with Crippen LogP contribution in [0.2, 0.25) is 0 Å². The average molecular weight is 343 g/mol. The number of rotatable bonds is 3. The van der Waals surface area contributed by atoms with Gasteiger partial charge in [-0.1, -0.05) is 24.6 Å². The van der Waals surface area contributed by atoms with E-state index < -0.39 is 17.8 Å². The van der Waals surface area contributed by atoms with Crippen molar-refractivity contribution in [1.29, 1.82) is 0 Å². The summed E-state index contributed by atoms with van der Waals surface area (Å²) in [6.07, 6.45) is 0.148. The van der Waals surface area contributed by atoms with Gasteiger partial charge in [0, 0.05) is 23.8 Å². The molecule has 1 N–H and O–H groups in total. The van der Waals surface area contributed by atoms with Crippen LogP contribution in [0.25, 0.3) is 0 Å². The molecule has 1 amide bonds. The van der Waals surface area contributed by atoms with Gasteiger partial charge in [-0.3, -0.25) is 14.4 Å². The third kappa shape index (κ3) is 4.00. The molecule has 0 saturated heterocycles. The molecular weight excluding hydrogens is 314 g/mol. The van der Waals surface area contributed by atoms with E-state index in [1.807, 2.05) is 53.7 Å². The highest BCUT2D eigenvalue weighted by Crippen LogP contribution is 2.39. The van der Waals surface area contributed by atoms with E-state index in [2.05, 4.69) is 5.32 Å². The average Bonchev–Trinajstić information content (AvgIpc) is 2.72. The van der Waals surface area contributed by atoms with Gasteiger partial charge in [0.05, 0.1) is 0 Å². The molecule has 1 aliphatic carbocycles. The Bertz CT molecular complexity index is 704. The fourth-order valence-electron chi connectivity index (χ4n) is 3.85. The molecule has 3 atom stereocenters. The summed E-state index contributed by atoms with van der Waals surface area (Å²) in [6, 6.07) is 4.01. The van der Waals surface area contributed by atoms with Crippen LogP contribution >= 0.6 is 0 Å². The number of nitrogens with one attached hydrogen (secondary N) is 1. The van der Waals surface area contributed by atoms with Crippen molar-refractivity contribution in [2.24, 2.45) is 11.8 Å². The van der Waals surface area contributed by atoms with Gasteiger partial charge >= 0.3 is 0 Å². The lowest BCUT2D eigenvalue weighted by Crippen LogP contribution is -2.45. The van der Waals surface area contributed by atoms with Crippen LogP contribution in [0.3, 0.4) is 0 Å². The molecule has 0 heterocycles. The number of carbonyl (C=O) groups is 3. The van der Waals surface area contributed by atoms with E-state index in [0.29, 0.717) is 0 Å². The summed E-state index contributed by atoms with van der Waals surface area (Å²) in [5.74, 6) is -2.13. The molecular formula is C21H29NO3. The first-order chi connectivity index (χ1) is 11.4. The normalized spacial score (nSPS) is 22.2. The van der Waals surface area contributed by atoms with Gasteiger partial charge < -0.3 is 5.32 Å². The van der Waals surface area contributed by atoms with E-state index in [-0.39, 0.29) is 29.4 Å². The largest absolute Gasteiger partial charge is 0.351 e. The molecule has 2 rings (SSSR count). The van der Waals surface area contributed by atoms with Gasteiger partial charge in [0.2, 0.25) is 5.91 Å². The molecule has 1 fully saturated rings. The van der Waals surface area contributed by atoms with Crippen molar-refractivity contribution in [2.75, 3.05) is 0 Å². The number of amides is 1. The Kier molecular flexibility index (Phi) is 5.22. The Morgan fingerprint density at radius 1 is 1.12 bits per heavy atom. The summed E-state index contributed by atoms with van der Waals surface area (Å²) >= 11 is 0. The Balaban J connectivity index is 2.31. The van der Waals surface area contributed by atoms with E-state index in [4.69, 9.17) is 0 Å². The summed E-state index contributed by atoms with van der Waals surface area (Å²) in [5, 5.41) is 2.91. The Morgan fingerprint density at radius 3 is 2.12 bits per heavy atom. The van der Waals surface area contributed by atoms with Crippen LogP contribution in [0, 0.1) is 32.6 Å². The minimum Gasteiger partial charge on any atom is -0.351 e. The van der Waals surface area contributed by atoms with Gasteiger partial charge in [0.1, 0.15) is 11.7 Å². The highest BCUT2D eigenvalue weighted by molar-refractivity contribution is 6.16. The second-order valence-corrected chi connectivity index (χ2v) is 8.45. The number of ketones is 2. The predicted octanol–water partition coefficient (Wildman–Crippen LogP) is 3.40. The van der Waals surface area contributed by atoms with Crippen LogP contribution in [0.1, 0.15) is 62.3 Å². The molecule has 1 aromatic rings. The van der Waals surface area contributed by atoms with E-state index in [9.17, 15) is 14.4 Å². The van der Waals surface area contributed by atoms with Crippen molar-refractivity contribution < 1.29 is 14.4 Å². The quantitative estimate of drug-likeness (QED) is 0.856. The number of carbonyl (C=O) groups excluding carboxylic acids is 3. The first-order valence-corrected chi connectivity index (χ1v) is 8.88. The highest BCUT2D eigenvalue weighted by atomic mass is 16.2. The molecule has 0 bridgehead atoms. The number of benzene rings is 1. The van der Waals surface area contributed by atoms with E-state index in [1.54, 1.807) is 6.92 Å². The molecule has 3 unspecified atom stereocenters. The van der Waals surface area contributed by atoms with Crippen LogP contribution in [0.15, 0.2) is 12.1 Å². The zero-order valence-corrected chi connectivity index (χ0v) is 16.3. The summed E-state index contributed by atoms with van der Waals surface area (Å²) in [4.78, 5) is 38.1. The first-order valence-electron chi connectivity index (χ1n) is 8.88. The number of Topliss-reactive ketones (excluding diaryl/α,β-unsaturated/α-hetero) is 2. The lowest BCUT2D eigenvalue weighted by atomic mass is 9.84. The maximum Gasteiger partial charge on any atom is 0.223 e. The van der Waals surface area contributed by atoms with Crippen LogP contribution in [-0.2, 0) is 14.4 Å². The topological polar surface area (TPSA) is 63.2 Å². The Hall–Kier alpha value is -1.97. The number of hydrogen-bond donors (Lipinski definition) is 1. The molecule has 0 spiro atoms. The molecule has 0 aliphatic heterocycles. The minimum atomic E-state index is -0.726. The predicted molar refractivity (Wildman–Crippen MR) is 98.6 cm³/mol. The summed E-state index contributed by atoms with van der Waals surface area (Å²) < 4.78 is 0. The van der Waals surface area contributed by atoms with Gasteiger partial charge in [-0.2, -0.15) is 0 Å². The lowest BCUT2D eigenvalue weighted by molar-refractivity contribution is -0.133. The van der Waals surface area contributed by atoms with Crippen LogP contribution in [0.4, 0.5) is 0 Å². The molecule has 1 aliphatic rings. The van der Waals surface area contributed by atoms with E-state index >= 15 is 0 Å². The molecule has 25 heavy (non-hydrogen) atoms. The minimum absolute atomic E-state index is 0.0690. The summed E-state index contributed by atoms with van der Waals surface area (Å²) in [6.45, 7) is 13.3. The van der Waals surface area contributed by atoms with Gasteiger partial charge in [-0.25, -0.2) is 0 Å². The van der Waals surface area contributed by atoms with Gasteiger partial charge in [0.15, 0.2) is 5.78 Å². The SMILES string of the molecule is Cc1cc(C)c(C2C(=O)CC(C(C)C(=O)NC(C)(C)C)C2=O)c(C)c1. The molecule has 0 radical (unpaired) electrons. The monoisotopic (exact) mass is 343 g/mol. The zero-order valence-electron chi connectivity index (χ0n) is 16.3. The van der Waals surface area contributed by atoms with Crippen molar-refractivity contribution in [3.05, 3.63) is 34.4 Å². The highest BCUT2D eigenvalue weighted by Gasteiger charge is 2.47. The molecule has 136 valence electrons. The fraction of sp³-hybridized carbons (Fsp3) is 0.571. The van der Waals surface area contributed by atoms with Crippen LogP contribution in [-0.4, -0.2) is 23.0 Å². The molecule has 1 aromatic carbocycles. The van der Waals surface area contributed by atoms with Gasteiger partial charge in [0.25, 0.3) is 0 Å². The second kappa shape index (κ2) is 6.74. The number of aryl methyl sites for hydroxylation is 3. The second-order valence-electron chi connectivity index (χ2n) is 8.45. The zero-order chi connectivity index (χ0) is 19.1. The smallest absolute Gasteiger partial charge is 0.223 e. The lowest BCUT2D eigenvalue weighted by Gasteiger charge is -2.25. The first kappa shape index (κ1) is 19.4. The maximum atomic E-state index is 13.0. The third-order valence-electron chi connectivity index (χ3n) is 4.94. The van der Waals surface area contributed by atoms with Crippen molar-refractivity contribution in [1.82, 2.24) is 5.32 Å². The van der Waals surface area contributed by atoms with Crippen molar-refractivity contribution >= 4 is 17.5 Å². The van der Waals surface area contributed by atoms with Crippen molar-refractivity contribution in [3.63, 3.8) is 0 Å². The Labute approximate surface area is 150 Å². The van der Waals surface area contributed by atoms with E-state index in [0.717, 1.165) is 22.3 Å². The molecule has 1 saturated carbocycles. The third-order valence-corrected chi connectivity index (χ3v) is 4.94. The summed E-state index contributed by atoms with van der Waals surface area (Å²) in [7, 11) is 0. The maximum absolute atomic E-state index is 13.0.